The molecule has 1 aromatic carbocycles. The SMILES string of the molecule is CCCn1ncc(Cl)c1C(NCC)c1ccc(F)cc1. The Morgan fingerprint density at radius 2 is 2.00 bits per heavy atom. The molecule has 20 heavy (non-hydrogen) atoms. The molecule has 0 aliphatic heterocycles. The van der Waals surface area contributed by atoms with Crippen LogP contribution in [0.2, 0.25) is 5.02 Å². The average Bonchev–Trinajstić information content (AvgIpc) is 2.79. The molecule has 1 N–H and O–H groups in total. The van der Waals surface area contributed by atoms with E-state index in [9.17, 15) is 4.39 Å². The van der Waals surface area contributed by atoms with E-state index >= 15 is 0 Å². The minimum Gasteiger partial charge on any atom is -0.305 e. The van der Waals surface area contributed by atoms with Crippen LogP contribution in [-0.2, 0) is 6.54 Å². The lowest BCUT2D eigenvalue weighted by molar-refractivity contribution is 0.520. The van der Waals surface area contributed by atoms with Gasteiger partial charge in [0.25, 0.3) is 0 Å². The molecular formula is C15H19ClFN3. The molecule has 1 aromatic heterocycles. The van der Waals surface area contributed by atoms with Gasteiger partial charge in [-0.1, -0.05) is 37.6 Å². The normalized spacial score (nSPS) is 12.6. The van der Waals surface area contributed by atoms with Gasteiger partial charge in [-0.25, -0.2) is 4.39 Å². The molecule has 2 rings (SSSR count). The van der Waals surface area contributed by atoms with Crippen molar-refractivity contribution in [1.82, 2.24) is 15.1 Å². The number of nitrogens with zero attached hydrogens (tertiary/aromatic N) is 2. The number of benzene rings is 1. The fraction of sp³-hybridized carbons (Fsp3) is 0.400. The van der Waals surface area contributed by atoms with Crippen LogP contribution in [0, 0.1) is 5.82 Å². The highest BCUT2D eigenvalue weighted by molar-refractivity contribution is 6.31. The summed E-state index contributed by atoms with van der Waals surface area (Å²) in [5, 5.41) is 8.35. The van der Waals surface area contributed by atoms with E-state index < -0.39 is 0 Å². The van der Waals surface area contributed by atoms with E-state index in [2.05, 4.69) is 17.3 Å². The van der Waals surface area contributed by atoms with E-state index in [-0.39, 0.29) is 11.9 Å². The summed E-state index contributed by atoms with van der Waals surface area (Å²) in [6, 6.07) is 6.41. The third-order valence-corrected chi connectivity index (χ3v) is 3.44. The molecule has 0 spiro atoms. The zero-order valence-corrected chi connectivity index (χ0v) is 12.5. The molecule has 2 aromatic rings. The maximum Gasteiger partial charge on any atom is 0.123 e. The molecule has 1 heterocycles. The van der Waals surface area contributed by atoms with Gasteiger partial charge >= 0.3 is 0 Å². The predicted octanol–water partition coefficient (Wildman–Crippen LogP) is 3.78. The molecule has 1 unspecified atom stereocenters. The molecule has 0 aliphatic rings. The maximum atomic E-state index is 13.1. The Morgan fingerprint density at radius 3 is 2.60 bits per heavy atom. The molecular weight excluding hydrogens is 277 g/mol. The topological polar surface area (TPSA) is 29.9 Å². The van der Waals surface area contributed by atoms with Gasteiger partial charge in [0, 0.05) is 6.54 Å². The molecule has 0 aliphatic carbocycles. The quantitative estimate of drug-likeness (QED) is 0.879. The molecule has 5 heteroatoms. The monoisotopic (exact) mass is 295 g/mol. The second kappa shape index (κ2) is 6.86. The molecule has 1 atom stereocenters. The summed E-state index contributed by atoms with van der Waals surface area (Å²) in [5.74, 6) is -0.239. The Balaban J connectivity index is 2.42. The highest BCUT2D eigenvalue weighted by atomic mass is 35.5. The molecule has 0 amide bonds. The minimum atomic E-state index is -0.239. The van der Waals surface area contributed by atoms with E-state index in [1.54, 1.807) is 18.3 Å². The summed E-state index contributed by atoms with van der Waals surface area (Å²) in [4.78, 5) is 0. The van der Waals surface area contributed by atoms with Gasteiger partial charge in [-0.2, -0.15) is 5.10 Å². The average molecular weight is 296 g/mol. The Hall–Kier alpha value is -1.39. The van der Waals surface area contributed by atoms with Gasteiger partial charge in [0.2, 0.25) is 0 Å². The molecule has 0 radical (unpaired) electrons. The smallest absolute Gasteiger partial charge is 0.123 e. The largest absolute Gasteiger partial charge is 0.305 e. The van der Waals surface area contributed by atoms with Crippen LogP contribution >= 0.6 is 11.6 Å². The number of rotatable bonds is 6. The first-order chi connectivity index (χ1) is 9.67. The highest BCUT2D eigenvalue weighted by Gasteiger charge is 2.21. The summed E-state index contributed by atoms with van der Waals surface area (Å²) in [6.07, 6.45) is 2.65. The second-order valence-corrected chi connectivity index (χ2v) is 5.05. The first-order valence-corrected chi connectivity index (χ1v) is 7.25. The summed E-state index contributed by atoms with van der Waals surface area (Å²) < 4.78 is 15.0. The van der Waals surface area contributed by atoms with Crippen molar-refractivity contribution in [3.05, 3.63) is 52.6 Å². The van der Waals surface area contributed by atoms with Crippen LogP contribution in [0.25, 0.3) is 0 Å². The molecule has 3 nitrogen and oxygen atoms in total. The zero-order valence-electron chi connectivity index (χ0n) is 11.7. The lowest BCUT2D eigenvalue weighted by Gasteiger charge is -2.20. The second-order valence-electron chi connectivity index (χ2n) is 4.64. The fourth-order valence-corrected chi connectivity index (χ4v) is 2.53. The van der Waals surface area contributed by atoms with E-state index in [1.165, 1.54) is 12.1 Å². The van der Waals surface area contributed by atoms with Crippen LogP contribution in [0.1, 0.15) is 37.6 Å². The number of hydrogen-bond acceptors (Lipinski definition) is 2. The number of nitrogens with one attached hydrogen (secondary N) is 1. The van der Waals surface area contributed by atoms with Crippen LogP contribution in [-0.4, -0.2) is 16.3 Å². The van der Waals surface area contributed by atoms with Crippen LogP contribution in [0.5, 0.6) is 0 Å². The predicted molar refractivity (Wildman–Crippen MR) is 79.4 cm³/mol. The lowest BCUT2D eigenvalue weighted by Crippen LogP contribution is -2.25. The van der Waals surface area contributed by atoms with E-state index in [0.29, 0.717) is 5.02 Å². The highest BCUT2D eigenvalue weighted by Crippen LogP contribution is 2.28. The molecule has 108 valence electrons. The van der Waals surface area contributed by atoms with Crippen molar-refractivity contribution in [2.75, 3.05) is 6.54 Å². The first-order valence-electron chi connectivity index (χ1n) is 6.87. The van der Waals surface area contributed by atoms with Crippen molar-refractivity contribution in [3.8, 4) is 0 Å². The molecule has 0 saturated carbocycles. The Kier molecular flexibility index (Phi) is 5.15. The van der Waals surface area contributed by atoms with E-state index in [4.69, 9.17) is 11.6 Å². The van der Waals surface area contributed by atoms with E-state index in [0.717, 1.165) is 30.8 Å². The maximum absolute atomic E-state index is 13.1. The molecule has 0 saturated heterocycles. The van der Waals surface area contributed by atoms with Crippen LogP contribution in [0.3, 0.4) is 0 Å². The number of halogens is 2. The zero-order chi connectivity index (χ0) is 14.5. The van der Waals surface area contributed by atoms with Gasteiger partial charge < -0.3 is 5.32 Å². The number of aryl methyl sites for hydroxylation is 1. The summed E-state index contributed by atoms with van der Waals surface area (Å²) in [6.45, 7) is 5.73. The molecule has 0 bridgehead atoms. The van der Waals surface area contributed by atoms with Crippen molar-refractivity contribution in [1.29, 1.82) is 0 Å². The van der Waals surface area contributed by atoms with Gasteiger partial charge in [0.1, 0.15) is 5.82 Å². The van der Waals surface area contributed by atoms with Crippen molar-refractivity contribution in [3.63, 3.8) is 0 Å². The van der Waals surface area contributed by atoms with Gasteiger partial charge in [-0.3, -0.25) is 4.68 Å². The van der Waals surface area contributed by atoms with Crippen molar-refractivity contribution in [2.45, 2.75) is 32.9 Å². The third-order valence-electron chi connectivity index (χ3n) is 3.15. The van der Waals surface area contributed by atoms with Crippen LogP contribution in [0.4, 0.5) is 4.39 Å². The van der Waals surface area contributed by atoms with Crippen LogP contribution in [0.15, 0.2) is 30.5 Å². The third kappa shape index (κ3) is 3.19. The summed E-state index contributed by atoms with van der Waals surface area (Å²) in [5.41, 5.74) is 1.91. The van der Waals surface area contributed by atoms with Gasteiger partial charge in [0.05, 0.1) is 23.0 Å². The fourth-order valence-electron chi connectivity index (χ4n) is 2.28. The van der Waals surface area contributed by atoms with Gasteiger partial charge in [-0.15, -0.1) is 0 Å². The standard InChI is InChI=1S/C15H19ClFN3/c1-3-9-20-15(13(16)10-19-20)14(18-4-2)11-5-7-12(17)8-6-11/h5-8,10,14,18H,3-4,9H2,1-2H3. The Bertz CT molecular complexity index is 551. The Labute approximate surface area is 123 Å². The summed E-state index contributed by atoms with van der Waals surface area (Å²) >= 11 is 6.29. The lowest BCUT2D eigenvalue weighted by atomic mass is 10.0. The first kappa shape index (κ1) is 15.0. The van der Waals surface area contributed by atoms with E-state index in [1.807, 2.05) is 11.6 Å². The van der Waals surface area contributed by atoms with Crippen LogP contribution < -0.4 is 5.32 Å². The number of aromatic nitrogens is 2. The van der Waals surface area contributed by atoms with Crippen molar-refractivity contribution >= 4 is 11.6 Å². The summed E-state index contributed by atoms with van der Waals surface area (Å²) in [7, 11) is 0. The number of hydrogen-bond donors (Lipinski definition) is 1. The molecule has 0 fully saturated rings. The van der Waals surface area contributed by atoms with Gasteiger partial charge in [0.15, 0.2) is 0 Å². The van der Waals surface area contributed by atoms with Gasteiger partial charge in [-0.05, 0) is 30.7 Å². The minimum absolute atomic E-state index is 0.0813. The van der Waals surface area contributed by atoms with Crippen molar-refractivity contribution in [2.24, 2.45) is 0 Å². The van der Waals surface area contributed by atoms with Crippen molar-refractivity contribution < 1.29 is 4.39 Å². The Morgan fingerprint density at radius 1 is 1.30 bits per heavy atom.